The maximum atomic E-state index is 2.32. The molecular weight excluding hydrogens is 314 g/mol. The smallest absolute Gasteiger partial charge is 0.0468 e. The molecule has 0 unspecified atom stereocenters. The minimum Gasteiger partial charge on any atom is -0.310 e. The first-order valence-electron chi connectivity index (χ1n) is 9.16. The van der Waals surface area contributed by atoms with Crippen molar-refractivity contribution in [3.63, 3.8) is 0 Å². The Morgan fingerprint density at radius 3 is 1.81 bits per heavy atom. The van der Waals surface area contributed by atoms with E-state index in [9.17, 15) is 0 Å². The lowest BCUT2D eigenvalue weighted by molar-refractivity contribution is 0.866. The van der Waals surface area contributed by atoms with Gasteiger partial charge in [0, 0.05) is 17.1 Å². The van der Waals surface area contributed by atoms with Crippen LogP contribution in [0, 0.1) is 0 Å². The highest BCUT2D eigenvalue weighted by Gasteiger charge is 2.13. The van der Waals surface area contributed by atoms with Gasteiger partial charge in [0.2, 0.25) is 0 Å². The summed E-state index contributed by atoms with van der Waals surface area (Å²) in [7, 11) is 0. The van der Waals surface area contributed by atoms with Gasteiger partial charge in [-0.25, -0.2) is 0 Å². The lowest BCUT2D eigenvalue weighted by atomic mass is 10.0. The second-order valence-corrected chi connectivity index (χ2v) is 6.95. The van der Waals surface area contributed by atoms with Gasteiger partial charge in [-0.2, -0.15) is 0 Å². The van der Waals surface area contributed by atoms with Crippen molar-refractivity contribution in [2.45, 2.75) is 19.8 Å². The summed E-state index contributed by atoms with van der Waals surface area (Å²) in [6, 6.07) is 34.6. The van der Waals surface area contributed by atoms with Crippen LogP contribution in [-0.2, 0) is 0 Å². The highest BCUT2D eigenvalue weighted by Crippen LogP contribution is 2.36. The van der Waals surface area contributed by atoms with Crippen LogP contribution in [0.3, 0.4) is 0 Å². The van der Waals surface area contributed by atoms with Gasteiger partial charge in [-0.3, -0.25) is 0 Å². The predicted octanol–water partition coefficient (Wildman–Crippen LogP) is 7.43. The molecule has 1 heteroatoms. The molecule has 0 saturated carbocycles. The van der Waals surface area contributed by atoms with Crippen molar-refractivity contribution in [1.29, 1.82) is 0 Å². The third-order valence-corrected chi connectivity index (χ3v) is 4.82. The molecule has 4 aromatic rings. The molecule has 0 fully saturated rings. The molecule has 0 heterocycles. The fraction of sp³-hybridized carbons (Fsp3) is 0.120. The second kappa shape index (κ2) is 7.05. The minimum absolute atomic E-state index is 0.537. The van der Waals surface area contributed by atoms with E-state index in [2.05, 4.69) is 116 Å². The zero-order valence-corrected chi connectivity index (χ0v) is 15.3. The van der Waals surface area contributed by atoms with Gasteiger partial charge in [-0.05, 0) is 58.7 Å². The van der Waals surface area contributed by atoms with E-state index in [0.29, 0.717) is 5.92 Å². The summed E-state index contributed by atoms with van der Waals surface area (Å²) < 4.78 is 0. The maximum Gasteiger partial charge on any atom is 0.0468 e. The van der Waals surface area contributed by atoms with Crippen molar-refractivity contribution >= 4 is 27.8 Å². The summed E-state index contributed by atoms with van der Waals surface area (Å²) in [5, 5.41) is 2.52. The van der Waals surface area contributed by atoms with Crippen LogP contribution >= 0.6 is 0 Å². The zero-order valence-electron chi connectivity index (χ0n) is 15.3. The second-order valence-electron chi connectivity index (χ2n) is 6.95. The molecule has 0 spiro atoms. The number of rotatable bonds is 4. The molecule has 0 bridgehead atoms. The number of hydrogen-bond donors (Lipinski definition) is 0. The van der Waals surface area contributed by atoms with Crippen LogP contribution in [-0.4, -0.2) is 0 Å². The van der Waals surface area contributed by atoms with Crippen LogP contribution in [0.1, 0.15) is 25.3 Å². The largest absolute Gasteiger partial charge is 0.310 e. The topological polar surface area (TPSA) is 3.24 Å². The van der Waals surface area contributed by atoms with Gasteiger partial charge in [0.05, 0.1) is 0 Å². The Kier molecular flexibility index (Phi) is 4.45. The third kappa shape index (κ3) is 3.21. The molecule has 0 saturated heterocycles. The van der Waals surface area contributed by atoms with Crippen LogP contribution < -0.4 is 4.90 Å². The average Bonchev–Trinajstić information content (AvgIpc) is 2.69. The molecule has 1 nitrogen and oxygen atoms in total. The molecule has 0 aliphatic heterocycles. The summed E-state index contributed by atoms with van der Waals surface area (Å²) in [5.41, 5.74) is 4.88. The van der Waals surface area contributed by atoms with Crippen LogP contribution in [0.2, 0.25) is 0 Å². The Hall–Kier alpha value is -3.06. The highest BCUT2D eigenvalue weighted by atomic mass is 15.1. The first kappa shape index (κ1) is 16.4. The van der Waals surface area contributed by atoms with Crippen molar-refractivity contribution in [1.82, 2.24) is 0 Å². The van der Waals surface area contributed by atoms with Crippen molar-refractivity contribution in [2.24, 2.45) is 0 Å². The molecule has 26 heavy (non-hydrogen) atoms. The van der Waals surface area contributed by atoms with Gasteiger partial charge in [0.1, 0.15) is 0 Å². The SMILES string of the molecule is CC(C)c1ccc(N(c2ccccc2)c2ccc3ccccc3c2)cc1. The molecule has 0 aliphatic rings. The fourth-order valence-corrected chi connectivity index (χ4v) is 3.35. The van der Waals surface area contributed by atoms with E-state index in [-0.39, 0.29) is 0 Å². The lowest BCUT2D eigenvalue weighted by Crippen LogP contribution is -2.09. The Morgan fingerprint density at radius 2 is 1.12 bits per heavy atom. The highest BCUT2D eigenvalue weighted by molar-refractivity contribution is 5.89. The fourth-order valence-electron chi connectivity index (χ4n) is 3.35. The van der Waals surface area contributed by atoms with E-state index in [1.807, 2.05) is 0 Å². The monoisotopic (exact) mass is 337 g/mol. The number of para-hydroxylation sites is 1. The Labute approximate surface area is 155 Å². The van der Waals surface area contributed by atoms with Crippen LogP contribution in [0.15, 0.2) is 97.1 Å². The quantitative estimate of drug-likeness (QED) is 0.374. The van der Waals surface area contributed by atoms with Crippen LogP contribution in [0.5, 0.6) is 0 Å². The average molecular weight is 337 g/mol. The minimum atomic E-state index is 0.537. The third-order valence-electron chi connectivity index (χ3n) is 4.82. The van der Waals surface area contributed by atoms with Crippen molar-refractivity contribution in [3.05, 3.63) is 103 Å². The van der Waals surface area contributed by atoms with E-state index in [4.69, 9.17) is 0 Å². The van der Waals surface area contributed by atoms with E-state index < -0.39 is 0 Å². The summed E-state index contributed by atoms with van der Waals surface area (Å²) in [6.45, 7) is 4.46. The number of benzene rings is 4. The molecule has 0 atom stereocenters. The molecular formula is C25H23N. The van der Waals surface area contributed by atoms with Gasteiger partial charge in [0.15, 0.2) is 0 Å². The molecule has 4 rings (SSSR count). The summed E-state index contributed by atoms with van der Waals surface area (Å²) in [5.74, 6) is 0.537. The number of nitrogens with zero attached hydrogens (tertiary/aromatic N) is 1. The van der Waals surface area contributed by atoms with Crippen molar-refractivity contribution in [3.8, 4) is 0 Å². The van der Waals surface area contributed by atoms with E-state index in [1.165, 1.54) is 33.4 Å². The van der Waals surface area contributed by atoms with Crippen molar-refractivity contribution in [2.75, 3.05) is 4.90 Å². The lowest BCUT2D eigenvalue weighted by Gasteiger charge is -2.26. The Balaban J connectivity index is 1.84. The van der Waals surface area contributed by atoms with Gasteiger partial charge in [-0.1, -0.05) is 74.5 Å². The zero-order chi connectivity index (χ0) is 17.9. The first-order valence-corrected chi connectivity index (χ1v) is 9.16. The maximum absolute atomic E-state index is 2.32. The van der Waals surface area contributed by atoms with E-state index >= 15 is 0 Å². The summed E-state index contributed by atoms with van der Waals surface area (Å²) in [4.78, 5) is 2.32. The van der Waals surface area contributed by atoms with Crippen LogP contribution in [0.4, 0.5) is 17.1 Å². The number of anilines is 3. The summed E-state index contributed by atoms with van der Waals surface area (Å²) in [6.07, 6.45) is 0. The number of hydrogen-bond acceptors (Lipinski definition) is 1. The molecule has 0 radical (unpaired) electrons. The van der Waals surface area contributed by atoms with Crippen molar-refractivity contribution < 1.29 is 0 Å². The van der Waals surface area contributed by atoms with Crippen LogP contribution in [0.25, 0.3) is 10.8 Å². The molecule has 4 aromatic carbocycles. The Bertz CT molecular complexity index is 1000. The van der Waals surface area contributed by atoms with E-state index in [1.54, 1.807) is 0 Å². The standard InChI is InChI=1S/C25H23N/c1-19(2)20-12-15-24(16-13-20)26(23-10-4-3-5-11-23)25-17-14-21-8-6-7-9-22(21)18-25/h3-19H,1-2H3. The Morgan fingerprint density at radius 1 is 0.538 bits per heavy atom. The molecule has 0 N–H and O–H groups in total. The normalized spacial score (nSPS) is 11.0. The molecule has 0 amide bonds. The molecule has 0 aromatic heterocycles. The van der Waals surface area contributed by atoms with Gasteiger partial charge in [0.25, 0.3) is 0 Å². The van der Waals surface area contributed by atoms with Gasteiger partial charge >= 0.3 is 0 Å². The summed E-state index contributed by atoms with van der Waals surface area (Å²) >= 11 is 0. The predicted molar refractivity (Wildman–Crippen MR) is 113 cm³/mol. The first-order chi connectivity index (χ1) is 12.7. The van der Waals surface area contributed by atoms with Gasteiger partial charge < -0.3 is 4.90 Å². The van der Waals surface area contributed by atoms with Gasteiger partial charge in [-0.15, -0.1) is 0 Å². The van der Waals surface area contributed by atoms with E-state index in [0.717, 1.165) is 0 Å². The molecule has 128 valence electrons. The molecule has 0 aliphatic carbocycles. The number of fused-ring (bicyclic) bond motifs is 1.